The van der Waals surface area contributed by atoms with E-state index in [1.807, 2.05) is 7.05 Å². The van der Waals surface area contributed by atoms with Gasteiger partial charge in [0.2, 0.25) is 0 Å². The monoisotopic (exact) mass is 222 g/mol. The van der Waals surface area contributed by atoms with E-state index in [0.29, 0.717) is 11.7 Å². The highest BCUT2D eigenvalue weighted by Crippen LogP contribution is 2.09. The van der Waals surface area contributed by atoms with E-state index in [4.69, 9.17) is 0 Å². The third-order valence-corrected chi connectivity index (χ3v) is 3.13. The van der Waals surface area contributed by atoms with Crippen LogP contribution in [0.2, 0.25) is 0 Å². The molecular weight excluding hydrogens is 204 g/mol. The lowest BCUT2D eigenvalue weighted by atomic mass is 10.00. The largest absolute Gasteiger partial charge is 0.346 e. The standard InChI is InChI=1S/C11H18N4O/c1-8-9(4-3-5-13-8)14-11(16)10-6-12-7-15(10)2/h6-9,13H,3-5H2,1-2H3,(H,14,16). The SMILES string of the molecule is CC1NCCCC1NC(=O)c1cncn1C. The van der Waals surface area contributed by atoms with Crippen LogP contribution >= 0.6 is 0 Å². The first-order valence-electron chi connectivity index (χ1n) is 5.69. The zero-order valence-electron chi connectivity index (χ0n) is 9.73. The Labute approximate surface area is 95.2 Å². The predicted molar refractivity (Wildman–Crippen MR) is 61.2 cm³/mol. The van der Waals surface area contributed by atoms with E-state index in [0.717, 1.165) is 19.4 Å². The Balaban J connectivity index is 1.99. The number of nitrogens with zero attached hydrogens (tertiary/aromatic N) is 2. The average Bonchev–Trinajstić information content (AvgIpc) is 2.68. The minimum atomic E-state index is -0.0412. The van der Waals surface area contributed by atoms with Crippen LogP contribution in [-0.2, 0) is 7.05 Å². The van der Waals surface area contributed by atoms with E-state index >= 15 is 0 Å². The van der Waals surface area contributed by atoms with Gasteiger partial charge in [-0.15, -0.1) is 0 Å². The van der Waals surface area contributed by atoms with Crippen LogP contribution < -0.4 is 10.6 Å². The number of aryl methyl sites for hydroxylation is 1. The fourth-order valence-corrected chi connectivity index (χ4v) is 2.06. The van der Waals surface area contributed by atoms with E-state index in [1.54, 1.807) is 17.1 Å². The molecule has 1 aliphatic heterocycles. The second kappa shape index (κ2) is 4.65. The smallest absolute Gasteiger partial charge is 0.269 e. The van der Waals surface area contributed by atoms with E-state index in [9.17, 15) is 4.79 Å². The number of hydrogen-bond acceptors (Lipinski definition) is 3. The van der Waals surface area contributed by atoms with Gasteiger partial charge in [-0.05, 0) is 26.3 Å². The van der Waals surface area contributed by atoms with Crippen LogP contribution in [0.1, 0.15) is 30.3 Å². The number of aromatic nitrogens is 2. The van der Waals surface area contributed by atoms with Crippen molar-refractivity contribution in [3.05, 3.63) is 18.2 Å². The maximum absolute atomic E-state index is 11.9. The molecule has 2 atom stereocenters. The molecular formula is C11H18N4O. The van der Waals surface area contributed by atoms with E-state index in [2.05, 4.69) is 22.5 Å². The van der Waals surface area contributed by atoms with Crippen molar-refractivity contribution in [2.45, 2.75) is 31.8 Å². The van der Waals surface area contributed by atoms with Crippen molar-refractivity contribution in [3.63, 3.8) is 0 Å². The highest BCUT2D eigenvalue weighted by molar-refractivity contribution is 5.92. The lowest BCUT2D eigenvalue weighted by Gasteiger charge is -2.30. The van der Waals surface area contributed by atoms with Crippen LogP contribution in [0.15, 0.2) is 12.5 Å². The van der Waals surface area contributed by atoms with Gasteiger partial charge >= 0.3 is 0 Å². The molecule has 88 valence electrons. The van der Waals surface area contributed by atoms with Crippen molar-refractivity contribution in [3.8, 4) is 0 Å². The third-order valence-electron chi connectivity index (χ3n) is 3.13. The Morgan fingerprint density at radius 1 is 1.69 bits per heavy atom. The van der Waals surface area contributed by atoms with E-state index in [1.165, 1.54) is 0 Å². The van der Waals surface area contributed by atoms with Gasteiger partial charge in [-0.3, -0.25) is 4.79 Å². The Kier molecular flexibility index (Phi) is 3.24. The van der Waals surface area contributed by atoms with Crippen molar-refractivity contribution in [1.29, 1.82) is 0 Å². The summed E-state index contributed by atoms with van der Waals surface area (Å²) in [5.41, 5.74) is 0.609. The summed E-state index contributed by atoms with van der Waals surface area (Å²) in [4.78, 5) is 15.9. The summed E-state index contributed by atoms with van der Waals surface area (Å²) in [6, 6.07) is 0.557. The Bertz CT molecular complexity index is 374. The zero-order valence-corrected chi connectivity index (χ0v) is 9.73. The summed E-state index contributed by atoms with van der Waals surface area (Å²) in [6.07, 6.45) is 5.38. The minimum Gasteiger partial charge on any atom is -0.346 e. The van der Waals surface area contributed by atoms with Crippen LogP contribution in [0.25, 0.3) is 0 Å². The quantitative estimate of drug-likeness (QED) is 0.756. The molecule has 0 aliphatic carbocycles. The third kappa shape index (κ3) is 2.24. The van der Waals surface area contributed by atoms with Crippen molar-refractivity contribution < 1.29 is 4.79 Å². The van der Waals surface area contributed by atoms with Crippen molar-refractivity contribution >= 4 is 5.91 Å². The summed E-state index contributed by atoms with van der Waals surface area (Å²) in [6.45, 7) is 3.15. The number of carbonyl (C=O) groups excluding carboxylic acids is 1. The molecule has 1 aromatic heterocycles. The Morgan fingerprint density at radius 3 is 3.12 bits per heavy atom. The average molecular weight is 222 g/mol. The molecule has 5 nitrogen and oxygen atoms in total. The van der Waals surface area contributed by atoms with Gasteiger partial charge in [-0.2, -0.15) is 0 Å². The summed E-state index contributed by atoms with van der Waals surface area (Å²) < 4.78 is 1.73. The summed E-state index contributed by atoms with van der Waals surface area (Å²) in [5.74, 6) is -0.0412. The first-order chi connectivity index (χ1) is 7.68. The maximum atomic E-state index is 11.9. The molecule has 1 saturated heterocycles. The molecule has 2 N–H and O–H groups in total. The highest BCUT2D eigenvalue weighted by Gasteiger charge is 2.23. The molecule has 0 radical (unpaired) electrons. The van der Waals surface area contributed by atoms with Crippen molar-refractivity contribution in [1.82, 2.24) is 20.2 Å². The number of carbonyl (C=O) groups is 1. The van der Waals surface area contributed by atoms with Crippen LogP contribution in [0, 0.1) is 0 Å². The number of rotatable bonds is 2. The lowest BCUT2D eigenvalue weighted by molar-refractivity contribution is 0.0911. The summed E-state index contributed by atoms with van der Waals surface area (Å²) in [5, 5.41) is 6.41. The predicted octanol–water partition coefficient (Wildman–Crippen LogP) is 0.290. The molecule has 5 heteroatoms. The summed E-state index contributed by atoms with van der Waals surface area (Å²) >= 11 is 0. The molecule has 1 amide bonds. The molecule has 0 bridgehead atoms. The Morgan fingerprint density at radius 2 is 2.50 bits per heavy atom. The fourth-order valence-electron chi connectivity index (χ4n) is 2.06. The molecule has 0 aromatic carbocycles. The Hall–Kier alpha value is -1.36. The minimum absolute atomic E-state index is 0.0412. The molecule has 2 heterocycles. The number of amides is 1. The van der Waals surface area contributed by atoms with Gasteiger partial charge in [-0.25, -0.2) is 4.98 Å². The molecule has 2 rings (SSSR count). The fraction of sp³-hybridized carbons (Fsp3) is 0.636. The van der Waals surface area contributed by atoms with E-state index < -0.39 is 0 Å². The van der Waals surface area contributed by atoms with Crippen molar-refractivity contribution in [2.75, 3.05) is 6.54 Å². The van der Waals surface area contributed by atoms with Crippen LogP contribution in [0.4, 0.5) is 0 Å². The molecule has 1 aliphatic rings. The lowest BCUT2D eigenvalue weighted by Crippen LogP contribution is -2.52. The van der Waals surface area contributed by atoms with Crippen LogP contribution in [0.5, 0.6) is 0 Å². The second-order valence-electron chi connectivity index (χ2n) is 4.35. The van der Waals surface area contributed by atoms with E-state index in [-0.39, 0.29) is 11.9 Å². The van der Waals surface area contributed by atoms with Gasteiger partial charge in [0.1, 0.15) is 5.69 Å². The van der Waals surface area contributed by atoms with Gasteiger partial charge in [-0.1, -0.05) is 0 Å². The van der Waals surface area contributed by atoms with Crippen LogP contribution in [-0.4, -0.2) is 34.1 Å². The topological polar surface area (TPSA) is 58.9 Å². The zero-order chi connectivity index (χ0) is 11.5. The van der Waals surface area contributed by atoms with Gasteiger partial charge in [0.15, 0.2) is 0 Å². The van der Waals surface area contributed by atoms with Crippen LogP contribution in [0.3, 0.4) is 0 Å². The molecule has 16 heavy (non-hydrogen) atoms. The number of nitrogens with one attached hydrogen (secondary N) is 2. The molecule has 2 unspecified atom stereocenters. The van der Waals surface area contributed by atoms with Gasteiger partial charge < -0.3 is 15.2 Å². The van der Waals surface area contributed by atoms with Gasteiger partial charge in [0.05, 0.1) is 12.5 Å². The van der Waals surface area contributed by atoms with Crippen molar-refractivity contribution in [2.24, 2.45) is 7.05 Å². The maximum Gasteiger partial charge on any atom is 0.269 e. The summed E-state index contributed by atoms with van der Waals surface area (Å²) in [7, 11) is 1.82. The number of hydrogen-bond donors (Lipinski definition) is 2. The molecule has 0 spiro atoms. The molecule has 1 aromatic rings. The molecule has 1 fully saturated rings. The van der Waals surface area contributed by atoms with Gasteiger partial charge in [0.25, 0.3) is 5.91 Å². The first kappa shape index (κ1) is 11.1. The van der Waals surface area contributed by atoms with Gasteiger partial charge in [0, 0.05) is 19.1 Å². The number of piperidine rings is 1. The molecule has 0 saturated carbocycles. The second-order valence-corrected chi connectivity index (χ2v) is 4.35. The number of imidazole rings is 1. The normalized spacial score (nSPS) is 25.4. The highest BCUT2D eigenvalue weighted by atomic mass is 16.2. The first-order valence-corrected chi connectivity index (χ1v) is 5.69.